The van der Waals surface area contributed by atoms with Crippen LogP contribution in [0.25, 0.3) is 20.8 Å². The van der Waals surface area contributed by atoms with Crippen LogP contribution in [0.1, 0.15) is 5.56 Å². The molecule has 0 fully saturated rings. The highest BCUT2D eigenvalue weighted by atomic mass is 32.1. The fourth-order valence-electron chi connectivity index (χ4n) is 2.70. The van der Waals surface area contributed by atoms with E-state index in [0.29, 0.717) is 33.3 Å². The van der Waals surface area contributed by atoms with E-state index < -0.39 is 4.92 Å². The lowest BCUT2D eigenvalue weighted by atomic mass is 10.1. The van der Waals surface area contributed by atoms with E-state index >= 15 is 0 Å². The molecule has 0 radical (unpaired) electrons. The molecule has 0 aliphatic heterocycles. The summed E-state index contributed by atoms with van der Waals surface area (Å²) in [5.74, 6) is 1.53. The van der Waals surface area contributed by atoms with Crippen molar-refractivity contribution in [1.82, 2.24) is 4.98 Å². The van der Waals surface area contributed by atoms with E-state index in [2.05, 4.69) is 4.98 Å². The smallest absolute Gasteiger partial charge is 0.273 e. The summed E-state index contributed by atoms with van der Waals surface area (Å²) in [5, 5.41) is 11.9. The number of hydrogen-bond donors (Lipinski definition) is 0. The van der Waals surface area contributed by atoms with Crippen molar-refractivity contribution in [1.29, 1.82) is 0 Å². The third-order valence-electron chi connectivity index (χ3n) is 3.92. The van der Waals surface area contributed by atoms with Crippen LogP contribution in [0.3, 0.4) is 0 Å². The standard InChI is InChI=1S/C17H16N2O5S/c1-9-10(6-5-7-12(9)19(20)21)17-18-11-8-13(22-2)14(23-3)15(24-4)16(11)25-17/h5-8H,1-4H3. The molecular formula is C17H16N2O5S. The summed E-state index contributed by atoms with van der Waals surface area (Å²) >= 11 is 1.39. The number of nitro groups is 1. The Morgan fingerprint density at radius 3 is 2.44 bits per heavy atom. The van der Waals surface area contributed by atoms with Gasteiger partial charge in [0.1, 0.15) is 9.71 Å². The average Bonchev–Trinajstić information content (AvgIpc) is 3.03. The van der Waals surface area contributed by atoms with Gasteiger partial charge in [0.15, 0.2) is 11.5 Å². The molecular weight excluding hydrogens is 344 g/mol. The average molecular weight is 360 g/mol. The molecule has 0 atom stereocenters. The van der Waals surface area contributed by atoms with Crippen LogP contribution in [0, 0.1) is 17.0 Å². The molecule has 0 saturated heterocycles. The molecule has 0 spiro atoms. The molecule has 3 aromatic rings. The maximum Gasteiger partial charge on any atom is 0.273 e. The molecule has 0 unspecified atom stereocenters. The summed E-state index contributed by atoms with van der Waals surface area (Å²) in [5.41, 5.74) is 2.04. The van der Waals surface area contributed by atoms with Crippen molar-refractivity contribution >= 4 is 27.2 Å². The number of hydrogen-bond acceptors (Lipinski definition) is 7. The van der Waals surface area contributed by atoms with Crippen molar-refractivity contribution < 1.29 is 19.1 Å². The lowest BCUT2D eigenvalue weighted by molar-refractivity contribution is -0.385. The summed E-state index contributed by atoms with van der Waals surface area (Å²) in [7, 11) is 4.63. The molecule has 25 heavy (non-hydrogen) atoms. The normalized spacial score (nSPS) is 10.7. The molecule has 0 amide bonds. The van der Waals surface area contributed by atoms with Crippen molar-refractivity contribution in [2.75, 3.05) is 21.3 Å². The van der Waals surface area contributed by atoms with Gasteiger partial charge in [0, 0.05) is 23.3 Å². The zero-order valence-corrected chi connectivity index (χ0v) is 15.0. The summed E-state index contributed by atoms with van der Waals surface area (Å²) in [6, 6.07) is 6.73. The second-order valence-corrected chi connectivity index (χ2v) is 6.22. The molecule has 1 aromatic heterocycles. The van der Waals surface area contributed by atoms with Gasteiger partial charge in [-0.25, -0.2) is 4.98 Å². The summed E-state index contributed by atoms with van der Waals surface area (Å²) in [6.07, 6.45) is 0. The minimum Gasteiger partial charge on any atom is -0.493 e. The SMILES string of the molecule is COc1cc2nc(-c3cccc([N+](=O)[O-])c3C)sc2c(OC)c1OC. The zero-order valence-electron chi connectivity index (χ0n) is 14.2. The van der Waals surface area contributed by atoms with Crippen LogP contribution < -0.4 is 14.2 Å². The molecule has 0 aliphatic carbocycles. The van der Waals surface area contributed by atoms with E-state index in [9.17, 15) is 10.1 Å². The van der Waals surface area contributed by atoms with Gasteiger partial charge in [-0.2, -0.15) is 0 Å². The van der Waals surface area contributed by atoms with Crippen LogP contribution in [-0.4, -0.2) is 31.2 Å². The van der Waals surface area contributed by atoms with Crippen molar-refractivity contribution in [3.8, 4) is 27.8 Å². The van der Waals surface area contributed by atoms with Crippen LogP contribution in [0.4, 0.5) is 5.69 Å². The molecule has 0 N–H and O–H groups in total. The van der Waals surface area contributed by atoms with Gasteiger partial charge in [-0.05, 0) is 6.92 Å². The Morgan fingerprint density at radius 2 is 1.84 bits per heavy atom. The van der Waals surface area contributed by atoms with Crippen LogP contribution in [-0.2, 0) is 0 Å². The third kappa shape index (κ3) is 2.74. The summed E-state index contributed by atoms with van der Waals surface area (Å²) < 4.78 is 17.0. The third-order valence-corrected chi connectivity index (χ3v) is 5.02. The van der Waals surface area contributed by atoms with E-state index in [1.54, 1.807) is 40.4 Å². The zero-order chi connectivity index (χ0) is 18.1. The van der Waals surface area contributed by atoms with E-state index in [0.717, 1.165) is 10.3 Å². The summed E-state index contributed by atoms with van der Waals surface area (Å²) in [6.45, 7) is 1.72. The minimum absolute atomic E-state index is 0.0684. The Bertz CT molecular complexity index is 967. The number of fused-ring (bicyclic) bond motifs is 1. The Balaban J connectivity index is 2.27. The van der Waals surface area contributed by atoms with Crippen LogP contribution >= 0.6 is 11.3 Å². The highest BCUT2D eigenvalue weighted by molar-refractivity contribution is 7.22. The van der Waals surface area contributed by atoms with Gasteiger partial charge in [-0.15, -0.1) is 11.3 Å². The lowest BCUT2D eigenvalue weighted by Gasteiger charge is -2.11. The Labute approximate surface area is 147 Å². The first-order valence-corrected chi connectivity index (χ1v) is 8.17. The number of benzene rings is 2. The quantitative estimate of drug-likeness (QED) is 0.501. The molecule has 8 heteroatoms. The molecule has 0 saturated carbocycles. The van der Waals surface area contributed by atoms with Crippen molar-refractivity contribution in [2.45, 2.75) is 6.92 Å². The van der Waals surface area contributed by atoms with E-state index in [1.807, 2.05) is 6.07 Å². The first-order valence-electron chi connectivity index (χ1n) is 7.35. The Morgan fingerprint density at radius 1 is 1.12 bits per heavy atom. The van der Waals surface area contributed by atoms with Gasteiger partial charge >= 0.3 is 0 Å². The van der Waals surface area contributed by atoms with Gasteiger partial charge in [0.2, 0.25) is 5.75 Å². The highest BCUT2D eigenvalue weighted by Gasteiger charge is 2.22. The van der Waals surface area contributed by atoms with Crippen molar-refractivity contribution in [2.24, 2.45) is 0 Å². The van der Waals surface area contributed by atoms with Gasteiger partial charge in [0.05, 0.1) is 31.8 Å². The Hall–Kier alpha value is -2.87. The largest absolute Gasteiger partial charge is 0.493 e. The van der Waals surface area contributed by atoms with E-state index in [4.69, 9.17) is 14.2 Å². The van der Waals surface area contributed by atoms with Gasteiger partial charge in [-0.3, -0.25) is 10.1 Å². The molecule has 1 heterocycles. The first-order chi connectivity index (χ1) is 12.0. The van der Waals surface area contributed by atoms with Gasteiger partial charge in [-0.1, -0.05) is 12.1 Å². The van der Waals surface area contributed by atoms with Gasteiger partial charge in [0.25, 0.3) is 5.69 Å². The van der Waals surface area contributed by atoms with E-state index in [1.165, 1.54) is 17.4 Å². The number of thiazole rings is 1. The molecule has 3 rings (SSSR count). The number of nitro benzene ring substituents is 1. The molecule has 2 aromatic carbocycles. The first kappa shape index (κ1) is 17.0. The number of nitrogens with zero attached hydrogens (tertiary/aromatic N) is 2. The number of ether oxygens (including phenoxy) is 3. The molecule has 0 aliphatic rings. The monoisotopic (exact) mass is 360 g/mol. The Kier molecular flexibility index (Phi) is 4.45. The van der Waals surface area contributed by atoms with E-state index in [-0.39, 0.29) is 5.69 Å². The molecule has 0 bridgehead atoms. The fourth-order valence-corrected chi connectivity index (χ4v) is 3.84. The van der Waals surface area contributed by atoms with Crippen molar-refractivity contribution in [3.63, 3.8) is 0 Å². The molecule has 130 valence electrons. The number of methoxy groups -OCH3 is 3. The molecule has 7 nitrogen and oxygen atoms in total. The van der Waals surface area contributed by atoms with Crippen LogP contribution in [0.2, 0.25) is 0 Å². The maximum absolute atomic E-state index is 11.2. The second kappa shape index (κ2) is 6.56. The van der Waals surface area contributed by atoms with Crippen molar-refractivity contribution in [3.05, 3.63) is 39.9 Å². The fraction of sp³-hybridized carbons (Fsp3) is 0.235. The lowest BCUT2D eigenvalue weighted by Crippen LogP contribution is -1.95. The number of rotatable bonds is 5. The van der Waals surface area contributed by atoms with Gasteiger partial charge < -0.3 is 14.2 Å². The topological polar surface area (TPSA) is 83.7 Å². The van der Waals surface area contributed by atoms with Crippen LogP contribution in [0.15, 0.2) is 24.3 Å². The maximum atomic E-state index is 11.2. The second-order valence-electron chi connectivity index (χ2n) is 5.22. The van der Waals surface area contributed by atoms with Crippen LogP contribution in [0.5, 0.6) is 17.2 Å². The minimum atomic E-state index is -0.390. The summed E-state index contributed by atoms with van der Waals surface area (Å²) in [4.78, 5) is 15.4. The number of aromatic nitrogens is 1. The highest BCUT2D eigenvalue weighted by Crippen LogP contribution is 2.47. The predicted octanol–water partition coefficient (Wildman–Crippen LogP) is 4.21. The predicted molar refractivity (Wildman–Crippen MR) is 96.1 cm³/mol.